The number of aryl methyl sites for hydroxylation is 1. The fourth-order valence-electron chi connectivity index (χ4n) is 3.98. The molecule has 2 aromatic carbocycles. The van der Waals surface area contributed by atoms with Gasteiger partial charge in [-0.3, -0.25) is 4.79 Å². The van der Waals surface area contributed by atoms with Crippen molar-refractivity contribution < 1.29 is 19.0 Å². The van der Waals surface area contributed by atoms with Crippen molar-refractivity contribution in [1.82, 2.24) is 9.97 Å². The number of Topliss-reactive ketones (excluding diaryl/α,β-unsaturated/α-hetero) is 1. The van der Waals surface area contributed by atoms with Gasteiger partial charge < -0.3 is 19.5 Å². The van der Waals surface area contributed by atoms with Gasteiger partial charge in [-0.15, -0.1) is 0 Å². The van der Waals surface area contributed by atoms with Crippen LogP contribution in [0.15, 0.2) is 42.5 Å². The lowest BCUT2D eigenvalue weighted by molar-refractivity contribution is 0.0962. The van der Waals surface area contributed by atoms with Crippen molar-refractivity contribution in [3.05, 3.63) is 65.0 Å². The van der Waals surface area contributed by atoms with Gasteiger partial charge in [0.1, 0.15) is 5.75 Å². The molecule has 7 nitrogen and oxygen atoms in total. The smallest absolute Gasteiger partial charge is 0.227 e. The standard InChI is InChI=1S/C24H25N3O4/c1-14-23-19(27-24(25-14)26-17-6-8-18(29-2)9-7-17)11-16(12-20(23)28)15-5-10-21(30-3)22(13-15)31-4/h5-10,13,16H,11-12H2,1-4H3,(H,25,26,27). The predicted molar refractivity (Wildman–Crippen MR) is 118 cm³/mol. The lowest BCUT2D eigenvalue weighted by Gasteiger charge is -2.25. The highest BCUT2D eigenvalue weighted by Crippen LogP contribution is 2.37. The highest BCUT2D eigenvalue weighted by molar-refractivity contribution is 5.99. The number of fused-ring (bicyclic) bond motifs is 1. The molecule has 1 heterocycles. The number of nitrogens with zero attached hydrogens (tertiary/aromatic N) is 2. The van der Waals surface area contributed by atoms with Crippen LogP contribution in [0, 0.1) is 6.92 Å². The zero-order chi connectivity index (χ0) is 22.0. The first-order valence-electron chi connectivity index (χ1n) is 10.1. The molecule has 3 aromatic rings. The van der Waals surface area contributed by atoms with Crippen LogP contribution in [0.1, 0.15) is 39.6 Å². The fourth-order valence-corrected chi connectivity index (χ4v) is 3.98. The number of aromatic nitrogens is 2. The fraction of sp³-hybridized carbons (Fsp3) is 0.292. The lowest BCUT2D eigenvalue weighted by atomic mass is 9.81. The van der Waals surface area contributed by atoms with Crippen LogP contribution in [-0.4, -0.2) is 37.1 Å². The predicted octanol–water partition coefficient (Wildman–Crippen LogP) is 4.47. The minimum atomic E-state index is 0.0166. The number of carbonyl (C=O) groups is 1. The number of carbonyl (C=O) groups excluding carboxylic acids is 1. The Hall–Kier alpha value is -3.61. The van der Waals surface area contributed by atoms with Crippen LogP contribution >= 0.6 is 0 Å². The molecule has 0 spiro atoms. The average Bonchev–Trinajstić information content (AvgIpc) is 2.78. The maximum atomic E-state index is 12.9. The third-order valence-electron chi connectivity index (χ3n) is 5.54. The van der Waals surface area contributed by atoms with Gasteiger partial charge in [0.05, 0.1) is 38.3 Å². The van der Waals surface area contributed by atoms with Crippen LogP contribution in [0.25, 0.3) is 0 Å². The molecule has 7 heteroatoms. The zero-order valence-electron chi connectivity index (χ0n) is 18.1. The molecule has 1 atom stereocenters. The van der Waals surface area contributed by atoms with E-state index in [-0.39, 0.29) is 11.7 Å². The van der Waals surface area contributed by atoms with Crippen molar-refractivity contribution in [2.24, 2.45) is 0 Å². The summed E-state index contributed by atoms with van der Waals surface area (Å²) in [4.78, 5) is 22.1. The van der Waals surface area contributed by atoms with E-state index in [0.717, 1.165) is 22.7 Å². The van der Waals surface area contributed by atoms with E-state index in [9.17, 15) is 4.79 Å². The van der Waals surface area contributed by atoms with Gasteiger partial charge in [0.25, 0.3) is 0 Å². The SMILES string of the molecule is COc1ccc(Nc2nc(C)c3c(n2)CC(c2ccc(OC)c(OC)c2)CC3=O)cc1. The van der Waals surface area contributed by atoms with Crippen molar-refractivity contribution >= 4 is 17.4 Å². The summed E-state index contributed by atoms with van der Waals surface area (Å²) >= 11 is 0. The first-order valence-corrected chi connectivity index (χ1v) is 10.1. The van der Waals surface area contributed by atoms with Crippen LogP contribution in [0.4, 0.5) is 11.6 Å². The Kier molecular flexibility index (Phi) is 5.75. The Morgan fingerprint density at radius 2 is 1.65 bits per heavy atom. The van der Waals surface area contributed by atoms with Crippen LogP contribution < -0.4 is 19.5 Å². The first kappa shape index (κ1) is 20.7. The van der Waals surface area contributed by atoms with E-state index in [1.54, 1.807) is 21.3 Å². The number of benzene rings is 2. The molecule has 0 saturated heterocycles. The summed E-state index contributed by atoms with van der Waals surface area (Å²) in [5.74, 6) is 2.65. The summed E-state index contributed by atoms with van der Waals surface area (Å²) in [6.45, 7) is 1.86. The van der Waals surface area contributed by atoms with Gasteiger partial charge in [0.15, 0.2) is 17.3 Å². The van der Waals surface area contributed by atoms with Crippen molar-refractivity contribution in [2.75, 3.05) is 26.6 Å². The Morgan fingerprint density at radius 3 is 2.32 bits per heavy atom. The lowest BCUT2D eigenvalue weighted by Crippen LogP contribution is -2.23. The van der Waals surface area contributed by atoms with Gasteiger partial charge in [-0.1, -0.05) is 6.07 Å². The normalized spacial score (nSPS) is 15.2. The second-order valence-electron chi connectivity index (χ2n) is 7.45. The van der Waals surface area contributed by atoms with E-state index in [0.29, 0.717) is 41.5 Å². The molecule has 0 saturated carbocycles. The number of anilines is 2. The minimum absolute atomic E-state index is 0.0166. The topological polar surface area (TPSA) is 82.6 Å². The second-order valence-corrected chi connectivity index (χ2v) is 7.45. The molecule has 0 fully saturated rings. The average molecular weight is 419 g/mol. The maximum absolute atomic E-state index is 12.9. The number of methoxy groups -OCH3 is 3. The number of ether oxygens (including phenoxy) is 3. The molecular weight excluding hydrogens is 394 g/mol. The van der Waals surface area contributed by atoms with E-state index >= 15 is 0 Å². The monoisotopic (exact) mass is 419 g/mol. The van der Waals surface area contributed by atoms with Crippen LogP contribution in [-0.2, 0) is 6.42 Å². The third kappa shape index (κ3) is 4.17. The van der Waals surface area contributed by atoms with Crippen LogP contribution in [0.5, 0.6) is 17.2 Å². The third-order valence-corrected chi connectivity index (χ3v) is 5.54. The largest absolute Gasteiger partial charge is 0.497 e. The molecule has 1 N–H and O–H groups in total. The Labute approximate surface area is 181 Å². The van der Waals surface area contributed by atoms with Gasteiger partial charge in [0.2, 0.25) is 5.95 Å². The molecule has 0 aliphatic heterocycles. The molecule has 160 valence electrons. The van der Waals surface area contributed by atoms with Gasteiger partial charge in [-0.2, -0.15) is 0 Å². The number of ketones is 1. The molecule has 0 bridgehead atoms. The molecule has 1 aliphatic rings. The number of rotatable bonds is 6. The van der Waals surface area contributed by atoms with Gasteiger partial charge in [-0.25, -0.2) is 9.97 Å². The Balaban J connectivity index is 1.63. The van der Waals surface area contributed by atoms with Crippen molar-refractivity contribution in [2.45, 2.75) is 25.7 Å². The number of hydrogen-bond acceptors (Lipinski definition) is 7. The molecule has 1 aliphatic carbocycles. The molecule has 1 aromatic heterocycles. The molecule has 1 unspecified atom stereocenters. The quantitative estimate of drug-likeness (QED) is 0.631. The highest BCUT2D eigenvalue weighted by atomic mass is 16.5. The highest BCUT2D eigenvalue weighted by Gasteiger charge is 2.30. The minimum Gasteiger partial charge on any atom is -0.497 e. The molecule has 0 radical (unpaired) electrons. The van der Waals surface area contributed by atoms with Crippen molar-refractivity contribution in [3.8, 4) is 17.2 Å². The van der Waals surface area contributed by atoms with E-state index in [1.165, 1.54) is 0 Å². The molecule has 0 amide bonds. The maximum Gasteiger partial charge on any atom is 0.227 e. The summed E-state index contributed by atoms with van der Waals surface area (Å²) in [5.41, 5.74) is 3.96. The number of nitrogens with one attached hydrogen (secondary N) is 1. The van der Waals surface area contributed by atoms with Crippen molar-refractivity contribution in [3.63, 3.8) is 0 Å². The summed E-state index contributed by atoms with van der Waals surface area (Å²) < 4.78 is 16.0. The van der Waals surface area contributed by atoms with Gasteiger partial charge in [-0.05, 0) is 61.2 Å². The summed E-state index contributed by atoms with van der Waals surface area (Å²) in [5, 5.41) is 3.22. The zero-order valence-corrected chi connectivity index (χ0v) is 18.1. The van der Waals surface area contributed by atoms with Crippen LogP contribution in [0.2, 0.25) is 0 Å². The van der Waals surface area contributed by atoms with Gasteiger partial charge in [0, 0.05) is 12.1 Å². The first-order chi connectivity index (χ1) is 15.0. The molecule has 4 rings (SSSR count). The Bertz CT molecular complexity index is 1110. The van der Waals surface area contributed by atoms with E-state index in [2.05, 4.69) is 15.3 Å². The summed E-state index contributed by atoms with van der Waals surface area (Å²) in [6.07, 6.45) is 1.06. The van der Waals surface area contributed by atoms with Gasteiger partial charge >= 0.3 is 0 Å². The molecule has 31 heavy (non-hydrogen) atoms. The number of hydrogen-bond donors (Lipinski definition) is 1. The van der Waals surface area contributed by atoms with Crippen LogP contribution in [0.3, 0.4) is 0 Å². The summed E-state index contributed by atoms with van der Waals surface area (Å²) in [7, 11) is 4.84. The van der Waals surface area contributed by atoms with E-state index < -0.39 is 0 Å². The van der Waals surface area contributed by atoms with Crippen molar-refractivity contribution in [1.29, 1.82) is 0 Å². The summed E-state index contributed by atoms with van der Waals surface area (Å²) in [6, 6.07) is 13.3. The Morgan fingerprint density at radius 1 is 0.903 bits per heavy atom. The van der Waals surface area contributed by atoms with E-state index in [4.69, 9.17) is 14.2 Å². The molecular formula is C24H25N3O4. The van der Waals surface area contributed by atoms with E-state index in [1.807, 2.05) is 49.4 Å². The second kappa shape index (κ2) is 8.63.